The zero-order chi connectivity index (χ0) is 21.8. The third-order valence-electron chi connectivity index (χ3n) is 6.84. The van der Waals surface area contributed by atoms with Gasteiger partial charge in [-0.3, -0.25) is 4.79 Å². The summed E-state index contributed by atoms with van der Waals surface area (Å²) in [5.41, 5.74) is 4.17. The minimum Gasteiger partial charge on any atom is -0.485 e. The number of aryl methyl sites for hydroxylation is 1. The molecule has 2 aliphatic carbocycles. The highest BCUT2D eigenvalue weighted by Gasteiger charge is 2.23. The van der Waals surface area contributed by atoms with Crippen molar-refractivity contribution in [2.45, 2.75) is 83.0 Å². The van der Waals surface area contributed by atoms with Crippen molar-refractivity contribution in [3.05, 3.63) is 34.6 Å². The van der Waals surface area contributed by atoms with Gasteiger partial charge in [-0.15, -0.1) is 10.2 Å². The molecular weight excluding hydrogens is 408 g/mol. The molecule has 6 nitrogen and oxygen atoms in total. The van der Waals surface area contributed by atoms with Crippen LogP contribution in [0.1, 0.15) is 68.0 Å². The summed E-state index contributed by atoms with van der Waals surface area (Å²) < 4.78 is 8.03. The summed E-state index contributed by atoms with van der Waals surface area (Å²) in [6.07, 6.45) is 9.63. The molecule has 2 aromatic rings. The number of ether oxygens (including phenoxy) is 1. The summed E-state index contributed by atoms with van der Waals surface area (Å²) in [6, 6.07) is 4.60. The molecule has 2 atom stereocenters. The van der Waals surface area contributed by atoms with E-state index in [4.69, 9.17) is 4.74 Å². The third-order valence-corrected chi connectivity index (χ3v) is 7.86. The van der Waals surface area contributed by atoms with Crippen molar-refractivity contribution in [1.29, 1.82) is 0 Å². The molecule has 0 saturated heterocycles. The normalized spacial score (nSPS) is 20.9. The molecular formula is C24H34N4O2S. The zero-order valence-electron chi connectivity index (χ0n) is 18.9. The first kappa shape index (κ1) is 22.2. The molecule has 1 saturated carbocycles. The van der Waals surface area contributed by atoms with E-state index in [1.54, 1.807) is 0 Å². The Hall–Kier alpha value is -2.02. The number of nitrogens with one attached hydrogen (secondary N) is 1. The molecule has 1 heterocycles. The summed E-state index contributed by atoms with van der Waals surface area (Å²) in [6.45, 7) is 4.76. The topological polar surface area (TPSA) is 69.0 Å². The van der Waals surface area contributed by atoms with Gasteiger partial charge in [-0.05, 0) is 74.1 Å². The second-order valence-corrected chi connectivity index (χ2v) is 9.95. The van der Waals surface area contributed by atoms with Gasteiger partial charge in [0.15, 0.2) is 11.0 Å². The van der Waals surface area contributed by atoms with E-state index in [0.29, 0.717) is 24.3 Å². The number of amides is 1. The quantitative estimate of drug-likeness (QED) is 0.645. The molecule has 1 aromatic carbocycles. The molecule has 0 aliphatic heterocycles. The number of hydrogen-bond acceptors (Lipinski definition) is 5. The van der Waals surface area contributed by atoms with Gasteiger partial charge in [-0.2, -0.15) is 0 Å². The Kier molecular flexibility index (Phi) is 7.20. The number of fused-ring (bicyclic) bond motifs is 1. The first-order valence-electron chi connectivity index (χ1n) is 11.6. The number of hydrogen-bond donors (Lipinski definition) is 1. The van der Waals surface area contributed by atoms with Crippen LogP contribution in [0, 0.1) is 12.8 Å². The summed E-state index contributed by atoms with van der Waals surface area (Å²) in [4.78, 5) is 12.4. The van der Waals surface area contributed by atoms with Gasteiger partial charge < -0.3 is 14.6 Å². The van der Waals surface area contributed by atoms with E-state index in [1.807, 2.05) is 11.6 Å². The maximum Gasteiger partial charge on any atom is 0.230 e. The largest absolute Gasteiger partial charge is 0.485 e. The molecule has 0 radical (unpaired) electrons. The summed E-state index contributed by atoms with van der Waals surface area (Å²) in [5.74, 6) is 2.70. The fourth-order valence-corrected chi connectivity index (χ4v) is 5.54. The van der Waals surface area contributed by atoms with E-state index < -0.39 is 0 Å². The van der Waals surface area contributed by atoms with E-state index in [0.717, 1.165) is 29.6 Å². The monoisotopic (exact) mass is 442 g/mol. The lowest BCUT2D eigenvalue weighted by atomic mass is 9.86. The second-order valence-electron chi connectivity index (χ2n) is 9.00. The van der Waals surface area contributed by atoms with E-state index >= 15 is 0 Å². The van der Waals surface area contributed by atoms with Crippen LogP contribution in [0.2, 0.25) is 0 Å². The fraction of sp³-hybridized carbons (Fsp3) is 0.625. The molecule has 7 heteroatoms. The van der Waals surface area contributed by atoms with Gasteiger partial charge >= 0.3 is 0 Å². The zero-order valence-corrected chi connectivity index (χ0v) is 19.8. The first-order valence-corrected chi connectivity index (χ1v) is 12.6. The molecule has 1 N–H and O–H groups in total. The van der Waals surface area contributed by atoms with Crippen molar-refractivity contribution < 1.29 is 9.53 Å². The Morgan fingerprint density at radius 3 is 2.84 bits per heavy atom. The summed E-state index contributed by atoms with van der Waals surface area (Å²) >= 11 is 1.43. The average Bonchev–Trinajstić information content (AvgIpc) is 3.13. The molecule has 0 bridgehead atoms. The number of rotatable bonds is 7. The molecule has 168 valence electrons. The number of nitrogens with zero attached hydrogens (tertiary/aromatic N) is 3. The van der Waals surface area contributed by atoms with Crippen LogP contribution in [0.25, 0.3) is 0 Å². The highest BCUT2D eigenvalue weighted by Crippen LogP contribution is 2.31. The van der Waals surface area contributed by atoms with Crippen molar-refractivity contribution in [3.63, 3.8) is 0 Å². The Morgan fingerprint density at radius 1 is 1.19 bits per heavy atom. The van der Waals surface area contributed by atoms with Crippen molar-refractivity contribution in [1.82, 2.24) is 20.1 Å². The van der Waals surface area contributed by atoms with Gasteiger partial charge in [0.25, 0.3) is 0 Å². The fourth-order valence-electron chi connectivity index (χ4n) is 4.80. The van der Waals surface area contributed by atoms with Gasteiger partial charge in [-0.1, -0.05) is 37.6 Å². The molecule has 31 heavy (non-hydrogen) atoms. The summed E-state index contributed by atoms with van der Waals surface area (Å²) in [5, 5.41) is 12.5. The van der Waals surface area contributed by atoms with Crippen molar-refractivity contribution >= 4 is 17.7 Å². The number of benzene rings is 1. The Balaban J connectivity index is 1.31. The van der Waals surface area contributed by atoms with Crippen molar-refractivity contribution in [2.24, 2.45) is 13.0 Å². The predicted molar refractivity (Wildman–Crippen MR) is 123 cm³/mol. The van der Waals surface area contributed by atoms with Crippen molar-refractivity contribution in [2.75, 3.05) is 5.75 Å². The van der Waals surface area contributed by atoms with Crippen LogP contribution in [0.4, 0.5) is 0 Å². The molecule has 2 unspecified atom stereocenters. The number of thioether (sulfide) groups is 1. The molecule has 2 aliphatic rings. The maximum absolute atomic E-state index is 12.4. The van der Waals surface area contributed by atoms with Crippen LogP contribution < -0.4 is 10.1 Å². The van der Waals surface area contributed by atoms with Crippen LogP contribution in [0.15, 0.2) is 17.3 Å². The number of aromatic nitrogens is 3. The Bertz CT molecular complexity index is 927. The van der Waals surface area contributed by atoms with Gasteiger partial charge in [0, 0.05) is 13.1 Å². The molecule has 0 spiro atoms. The van der Waals surface area contributed by atoms with E-state index in [9.17, 15) is 4.79 Å². The first-order chi connectivity index (χ1) is 15.0. The van der Waals surface area contributed by atoms with Crippen LogP contribution in [-0.2, 0) is 31.3 Å². The van der Waals surface area contributed by atoms with Gasteiger partial charge in [0.2, 0.25) is 5.91 Å². The highest BCUT2D eigenvalue weighted by molar-refractivity contribution is 7.99. The minimum atomic E-state index is 0.0780. The van der Waals surface area contributed by atoms with Gasteiger partial charge in [0.1, 0.15) is 12.4 Å². The maximum atomic E-state index is 12.4. The van der Waals surface area contributed by atoms with E-state index in [1.165, 1.54) is 67.0 Å². The average molecular weight is 443 g/mol. The van der Waals surface area contributed by atoms with E-state index in [2.05, 4.69) is 41.5 Å². The SMILES string of the molecule is Cc1c(OCc2nnc(SCC(=O)NC3CCCCC3C)n2C)ccc2c1CCCC2. The third kappa shape index (κ3) is 5.25. The van der Waals surface area contributed by atoms with Crippen LogP contribution in [0.3, 0.4) is 0 Å². The van der Waals surface area contributed by atoms with Crippen molar-refractivity contribution in [3.8, 4) is 5.75 Å². The Labute approximate surface area is 189 Å². The lowest BCUT2D eigenvalue weighted by Crippen LogP contribution is -2.41. The van der Waals surface area contributed by atoms with Crippen LogP contribution in [-0.4, -0.2) is 32.5 Å². The summed E-state index contributed by atoms with van der Waals surface area (Å²) in [7, 11) is 1.93. The predicted octanol–water partition coefficient (Wildman–Crippen LogP) is 4.37. The second kappa shape index (κ2) is 10.1. The van der Waals surface area contributed by atoms with Gasteiger partial charge in [-0.25, -0.2) is 0 Å². The molecule has 4 rings (SSSR count). The standard InChI is InChI=1S/C24H34N4O2S/c1-16-8-4-7-11-20(16)25-23(29)15-31-24-27-26-22(28(24)3)14-30-21-13-12-18-9-5-6-10-19(18)17(21)2/h12-13,16,20H,4-11,14-15H2,1-3H3,(H,25,29). The molecule has 1 aromatic heterocycles. The lowest BCUT2D eigenvalue weighted by molar-refractivity contribution is -0.119. The van der Waals surface area contributed by atoms with E-state index in [-0.39, 0.29) is 5.91 Å². The lowest BCUT2D eigenvalue weighted by Gasteiger charge is -2.29. The smallest absolute Gasteiger partial charge is 0.230 e. The molecule has 1 amide bonds. The minimum absolute atomic E-state index is 0.0780. The Morgan fingerprint density at radius 2 is 2.00 bits per heavy atom. The van der Waals surface area contributed by atoms with Gasteiger partial charge in [0.05, 0.1) is 5.75 Å². The molecule has 1 fully saturated rings. The number of carbonyl (C=O) groups is 1. The number of carbonyl (C=O) groups excluding carboxylic acids is 1. The highest BCUT2D eigenvalue weighted by atomic mass is 32.2. The van der Waals surface area contributed by atoms with Crippen LogP contribution >= 0.6 is 11.8 Å². The van der Waals surface area contributed by atoms with Crippen LogP contribution in [0.5, 0.6) is 5.75 Å².